The molecule has 0 fully saturated rings. The van der Waals surface area contributed by atoms with E-state index in [-0.39, 0.29) is 0 Å². The number of unbranched alkanes of at least 4 members (excludes halogenated alkanes) is 1. The molecule has 0 aliphatic heterocycles. The summed E-state index contributed by atoms with van der Waals surface area (Å²) in [7, 11) is 0. The van der Waals surface area contributed by atoms with Gasteiger partial charge in [-0.25, -0.2) is 0 Å². The van der Waals surface area contributed by atoms with Crippen molar-refractivity contribution in [2.75, 3.05) is 0 Å². The molecule has 1 nitrogen and oxygen atoms in total. The molecule has 0 aliphatic rings. The van der Waals surface area contributed by atoms with E-state index in [1.54, 1.807) is 6.07 Å². The molecule has 1 rings (SSSR count). The largest absolute Gasteiger partial charge is 0.508 e. The number of rotatable bonds is 7. The number of hydrogen-bond donors (Lipinski definition) is 1. The number of phenols is 1. The number of hydrogen-bond acceptors (Lipinski definition) is 1. The Hall–Kier alpha value is -0.980. The lowest BCUT2D eigenvalue weighted by Crippen LogP contribution is -2.06. The standard InChI is InChI=1S/C16H26O/c1-4-5-8-13(2)11-14(3)12-15-9-6-7-10-16(15)17/h6-7,9-10,13-14,17H,4-5,8,11-12H2,1-3H3. The van der Waals surface area contributed by atoms with Crippen LogP contribution in [0.1, 0.15) is 52.0 Å². The lowest BCUT2D eigenvalue weighted by molar-refractivity contribution is 0.379. The Morgan fingerprint density at radius 2 is 1.82 bits per heavy atom. The zero-order valence-electron chi connectivity index (χ0n) is 11.4. The maximum absolute atomic E-state index is 9.73. The van der Waals surface area contributed by atoms with E-state index in [2.05, 4.69) is 20.8 Å². The van der Waals surface area contributed by atoms with Crippen LogP contribution < -0.4 is 0 Å². The van der Waals surface area contributed by atoms with Gasteiger partial charge in [-0.1, -0.05) is 58.2 Å². The van der Waals surface area contributed by atoms with Crippen molar-refractivity contribution in [3.05, 3.63) is 29.8 Å². The predicted octanol–water partition coefficient (Wildman–Crippen LogP) is 4.79. The van der Waals surface area contributed by atoms with Crippen molar-refractivity contribution in [1.82, 2.24) is 0 Å². The first-order valence-corrected chi connectivity index (χ1v) is 6.90. The van der Waals surface area contributed by atoms with E-state index in [1.165, 1.54) is 25.7 Å². The van der Waals surface area contributed by atoms with Crippen LogP contribution in [0.2, 0.25) is 0 Å². The number of benzene rings is 1. The van der Waals surface area contributed by atoms with Crippen LogP contribution in [0.3, 0.4) is 0 Å². The minimum atomic E-state index is 0.445. The molecule has 0 radical (unpaired) electrons. The van der Waals surface area contributed by atoms with Crippen molar-refractivity contribution in [3.8, 4) is 5.75 Å². The van der Waals surface area contributed by atoms with Crippen molar-refractivity contribution in [3.63, 3.8) is 0 Å². The molecule has 1 heteroatoms. The van der Waals surface area contributed by atoms with Crippen LogP contribution in [-0.4, -0.2) is 5.11 Å². The first-order chi connectivity index (χ1) is 8.13. The van der Waals surface area contributed by atoms with Crippen molar-refractivity contribution in [2.45, 2.75) is 52.9 Å². The highest BCUT2D eigenvalue weighted by Crippen LogP contribution is 2.24. The molecule has 0 spiro atoms. The Bertz CT molecular complexity index is 319. The van der Waals surface area contributed by atoms with Gasteiger partial charge in [0.2, 0.25) is 0 Å². The van der Waals surface area contributed by atoms with Crippen LogP contribution in [0.4, 0.5) is 0 Å². The van der Waals surface area contributed by atoms with Gasteiger partial charge in [0.1, 0.15) is 5.75 Å². The molecule has 0 aromatic heterocycles. The molecule has 17 heavy (non-hydrogen) atoms. The van der Waals surface area contributed by atoms with Crippen LogP contribution in [0.5, 0.6) is 5.75 Å². The quantitative estimate of drug-likeness (QED) is 0.719. The van der Waals surface area contributed by atoms with Crippen molar-refractivity contribution >= 4 is 0 Å². The Morgan fingerprint density at radius 3 is 2.47 bits per heavy atom. The van der Waals surface area contributed by atoms with Crippen molar-refractivity contribution in [1.29, 1.82) is 0 Å². The van der Waals surface area contributed by atoms with Gasteiger partial charge in [-0.3, -0.25) is 0 Å². The van der Waals surface area contributed by atoms with E-state index in [9.17, 15) is 5.11 Å². The Morgan fingerprint density at radius 1 is 1.12 bits per heavy atom. The summed E-state index contributed by atoms with van der Waals surface area (Å²) in [6, 6.07) is 7.70. The van der Waals surface area contributed by atoms with Crippen LogP contribution in [-0.2, 0) is 6.42 Å². The summed E-state index contributed by atoms with van der Waals surface area (Å²) in [5, 5.41) is 9.73. The Kier molecular flexibility index (Phi) is 6.10. The second kappa shape index (κ2) is 7.37. The normalized spacial score (nSPS) is 14.5. The van der Waals surface area contributed by atoms with Gasteiger partial charge < -0.3 is 5.11 Å². The Labute approximate surface area is 106 Å². The van der Waals surface area contributed by atoms with E-state index in [0.717, 1.165) is 17.9 Å². The summed E-state index contributed by atoms with van der Waals surface area (Å²) in [5.74, 6) is 1.89. The first kappa shape index (κ1) is 14.1. The second-order valence-corrected chi connectivity index (χ2v) is 5.42. The molecule has 0 aliphatic carbocycles. The van der Waals surface area contributed by atoms with E-state index >= 15 is 0 Å². The molecule has 0 amide bonds. The second-order valence-electron chi connectivity index (χ2n) is 5.42. The fraction of sp³-hybridized carbons (Fsp3) is 0.625. The third kappa shape index (κ3) is 5.25. The number of para-hydroxylation sites is 1. The topological polar surface area (TPSA) is 20.2 Å². The van der Waals surface area contributed by atoms with Crippen LogP contribution in [0.15, 0.2) is 24.3 Å². The minimum Gasteiger partial charge on any atom is -0.508 e. The fourth-order valence-corrected chi connectivity index (χ4v) is 2.50. The van der Waals surface area contributed by atoms with E-state index in [4.69, 9.17) is 0 Å². The van der Waals surface area contributed by atoms with Gasteiger partial charge in [-0.2, -0.15) is 0 Å². The molecule has 2 unspecified atom stereocenters. The van der Waals surface area contributed by atoms with Gasteiger partial charge in [-0.05, 0) is 36.3 Å². The molecule has 1 aromatic carbocycles. The SMILES string of the molecule is CCCCC(C)CC(C)Cc1ccccc1O. The van der Waals surface area contributed by atoms with Gasteiger partial charge in [0.25, 0.3) is 0 Å². The van der Waals surface area contributed by atoms with E-state index in [1.807, 2.05) is 18.2 Å². The monoisotopic (exact) mass is 234 g/mol. The zero-order chi connectivity index (χ0) is 12.7. The lowest BCUT2D eigenvalue weighted by Gasteiger charge is -2.17. The third-order valence-corrected chi connectivity index (χ3v) is 3.42. The number of phenolic OH excluding ortho intramolecular Hbond substituents is 1. The van der Waals surface area contributed by atoms with Gasteiger partial charge in [0.05, 0.1) is 0 Å². The van der Waals surface area contributed by atoms with E-state index < -0.39 is 0 Å². The lowest BCUT2D eigenvalue weighted by atomic mass is 9.89. The van der Waals surface area contributed by atoms with E-state index in [0.29, 0.717) is 11.7 Å². The fourth-order valence-electron chi connectivity index (χ4n) is 2.50. The summed E-state index contributed by atoms with van der Waals surface area (Å²) >= 11 is 0. The molecular formula is C16H26O. The summed E-state index contributed by atoms with van der Waals surface area (Å²) < 4.78 is 0. The van der Waals surface area contributed by atoms with Gasteiger partial charge in [0, 0.05) is 0 Å². The smallest absolute Gasteiger partial charge is 0.118 e. The summed E-state index contributed by atoms with van der Waals surface area (Å²) in [5.41, 5.74) is 1.09. The molecule has 0 saturated carbocycles. The summed E-state index contributed by atoms with van der Waals surface area (Å²) in [4.78, 5) is 0. The molecule has 0 saturated heterocycles. The van der Waals surface area contributed by atoms with Crippen LogP contribution in [0.25, 0.3) is 0 Å². The summed E-state index contributed by atoms with van der Waals surface area (Å²) in [6.07, 6.45) is 6.21. The maximum Gasteiger partial charge on any atom is 0.118 e. The average Bonchev–Trinajstić information content (AvgIpc) is 2.29. The molecular weight excluding hydrogens is 208 g/mol. The highest BCUT2D eigenvalue weighted by atomic mass is 16.3. The molecule has 1 aromatic rings. The van der Waals surface area contributed by atoms with Crippen LogP contribution >= 0.6 is 0 Å². The predicted molar refractivity (Wildman–Crippen MR) is 74.3 cm³/mol. The highest BCUT2D eigenvalue weighted by molar-refractivity contribution is 5.31. The van der Waals surface area contributed by atoms with Gasteiger partial charge in [-0.15, -0.1) is 0 Å². The summed E-state index contributed by atoms with van der Waals surface area (Å²) in [6.45, 7) is 6.88. The zero-order valence-corrected chi connectivity index (χ0v) is 11.4. The third-order valence-electron chi connectivity index (χ3n) is 3.42. The molecule has 0 bridgehead atoms. The van der Waals surface area contributed by atoms with Crippen molar-refractivity contribution < 1.29 is 5.11 Å². The van der Waals surface area contributed by atoms with Gasteiger partial charge in [0.15, 0.2) is 0 Å². The number of aromatic hydroxyl groups is 1. The maximum atomic E-state index is 9.73. The Balaban J connectivity index is 2.39. The highest BCUT2D eigenvalue weighted by Gasteiger charge is 2.11. The molecule has 96 valence electrons. The molecule has 2 atom stereocenters. The van der Waals surface area contributed by atoms with Crippen LogP contribution in [0, 0.1) is 11.8 Å². The molecule has 0 heterocycles. The first-order valence-electron chi connectivity index (χ1n) is 6.90. The molecule has 1 N–H and O–H groups in total. The van der Waals surface area contributed by atoms with Crippen molar-refractivity contribution in [2.24, 2.45) is 11.8 Å². The van der Waals surface area contributed by atoms with Gasteiger partial charge >= 0.3 is 0 Å². The average molecular weight is 234 g/mol. The minimum absolute atomic E-state index is 0.445.